The molecule has 0 unspecified atom stereocenters. The number of hydrogen-bond acceptors (Lipinski definition) is 3. The number of thioether (sulfide) groups is 1. The van der Waals surface area contributed by atoms with Crippen LogP contribution < -0.4 is 4.90 Å². The third-order valence-electron chi connectivity index (χ3n) is 4.03. The Labute approximate surface area is 154 Å². The zero-order valence-corrected chi connectivity index (χ0v) is 15.3. The van der Waals surface area contributed by atoms with E-state index in [1.165, 1.54) is 20.9 Å². The smallest absolute Gasteiger partial charge is 0.268 e. The summed E-state index contributed by atoms with van der Waals surface area (Å²) in [5, 5.41) is 0.628. The van der Waals surface area contributed by atoms with Gasteiger partial charge in [-0.15, -0.1) is 23.1 Å². The zero-order valence-electron chi connectivity index (χ0n) is 13.0. The van der Waals surface area contributed by atoms with Gasteiger partial charge in [0, 0.05) is 38.8 Å². The molecule has 0 radical (unpaired) electrons. The molecule has 4 rings (SSSR count). The van der Waals surface area contributed by atoms with Crippen molar-refractivity contribution < 1.29 is 4.79 Å². The van der Waals surface area contributed by atoms with Gasteiger partial charge < -0.3 is 4.90 Å². The quantitative estimate of drug-likeness (QED) is 0.554. The molecule has 0 fully saturated rings. The Kier molecular flexibility index (Phi) is 4.12. The lowest BCUT2D eigenvalue weighted by molar-refractivity contribution is 0.0997. The second-order valence-corrected chi connectivity index (χ2v) is 8.10. The number of anilines is 1. The van der Waals surface area contributed by atoms with Crippen molar-refractivity contribution in [1.82, 2.24) is 0 Å². The molecule has 0 bridgehead atoms. The minimum absolute atomic E-state index is 0.000789. The van der Waals surface area contributed by atoms with Gasteiger partial charge in [-0.3, -0.25) is 4.79 Å². The van der Waals surface area contributed by atoms with Crippen LogP contribution in [0.5, 0.6) is 0 Å². The maximum atomic E-state index is 12.9. The number of carbonyl (C=O) groups is 1. The van der Waals surface area contributed by atoms with E-state index in [-0.39, 0.29) is 5.91 Å². The molecule has 24 heavy (non-hydrogen) atoms. The highest BCUT2D eigenvalue weighted by atomic mass is 35.5. The van der Waals surface area contributed by atoms with E-state index < -0.39 is 0 Å². The molecule has 1 amide bonds. The molecule has 0 saturated heterocycles. The van der Waals surface area contributed by atoms with Crippen molar-refractivity contribution in [3.8, 4) is 10.4 Å². The number of carbonyl (C=O) groups excluding carboxylic acids is 1. The van der Waals surface area contributed by atoms with Crippen LogP contribution in [0.4, 0.5) is 5.69 Å². The van der Waals surface area contributed by atoms with E-state index in [2.05, 4.69) is 18.2 Å². The lowest BCUT2D eigenvalue weighted by atomic mass is 10.1. The molecule has 1 aliphatic rings. The first kappa shape index (κ1) is 15.8. The number of amides is 1. The van der Waals surface area contributed by atoms with E-state index >= 15 is 0 Å². The first-order valence-electron chi connectivity index (χ1n) is 7.52. The average molecular weight is 372 g/mol. The number of benzene rings is 2. The number of halogens is 1. The van der Waals surface area contributed by atoms with E-state index in [1.54, 1.807) is 35.4 Å². The molecule has 3 aromatic rings. The minimum atomic E-state index is -0.000789. The molecule has 0 atom stereocenters. The Morgan fingerprint density at radius 3 is 2.79 bits per heavy atom. The summed E-state index contributed by atoms with van der Waals surface area (Å²) in [5.41, 5.74) is 3.28. The molecule has 2 aromatic carbocycles. The predicted octanol–water partition coefficient (Wildman–Crippen LogP) is 5.95. The molecule has 2 heterocycles. The Morgan fingerprint density at radius 1 is 1.12 bits per heavy atom. The van der Waals surface area contributed by atoms with Crippen molar-refractivity contribution in [3.05, 3.63) is 70.1 Å². The molecule has 0 N–H and O–H groups in total. The van der Waals surface area contributed by atoms with Gasteiger partial charge in [0.15, 0.2) is 0 Å². The van der Waals surface area contributed by atoms with Gasteiger partial charge in [0.05, 0.1) is 4.88 Å². The summed E-state index contributed by atoms with van der Waals surface area (Å²) in [5.74, 6) is 0.913. The number of nitrogens with zero attached hydrogens (tertiary/aromatic N) is 1. The fraction of sp³-hybridized carbons (Fsp3) is 0.105. The molecular weight excluding hydrogens is 358 g/mol. The summed E-state index contributed by atoms with van der Waals surface area (Å²) in [6.45, 7) is 0. The Bertz CT molecular complexity index is 935. The topological polar surface area (TPSA) is 20.3 Å². The third-order valence-corrected chi connectivity index (χ3v) is 6.59. The summed E-state index contributed by atoms with van der Waals surface area (Å²) in [6.07, 6.45) is 0. The van der Waals surface area contributed by atoms with Crippen LogP contribution in [0, 0.1) is 0 Å². The van der Waals surface area contributed by atoms with Crippen molar-refractivity contribution in [2.24, 2.45) is 0 Å². The fourth-order valence-corrected chi connectivity index (χ4v) is 5.35. The van der Waals surface area contributed by atoms with Gasteiger partial charge in [-0.2, -0.15) is 0 Å². The first-order valence-corrected chi connectivity index (χ1v) is 9.70. The summed E-state index contributed by atoms with van der Waals surface area (Å²) in [7, 11) is 1.79. The van der Waals surface area contributed by atoms with Gasteiger partial charge in [-0.25, -0.2) is 0 Å². The Hall–Kier alpha value is -1.75. The lowest BCUT2D eigenvalue weighted by Gasteiger charge is -2.16. The van der Waals surface area contributed by atoms with Gasteiger partial charge in [0.25, 0.3) is 5.91 Å². The lowest BCUT2D eigenvalue weighted by Crippen LogP contribution is -2.25. The summed E-state index contributed by atoms with van der Waals surface area (Å²) >= 11 is 9.44. The van der Waals surface area contributed by atoms with Gasteiger partial charge in [-0.1, -0.05) is 35.9 Å². The molecular formula is C19H14ClNOS2. The van der Waals surface area contributed by atoms with E-state index in [4.69, 9.17) is 11.6 Å². The average Bonchev–Trinajstić information content (AvgIpc) is 3.05. The van der Waals surface area contributed by atoms with Crippen LogP contribution >= 0.6 is 34.7 Å². The zero-order chi connectivity index (χ0) is 16.7. The van der Waals surface area contributed by atoms with Crippen molar-refractivity contribution in [1.29, 1.82) is 0 Å². The maximum absolute atomic E-state index is 12.9. The number of rotatable bonds is 2. The van der Waals surface area contributed by atoms with Crippen LogP contribution in [0.15, 0.2) is 59.5 Å². The highest BCUT2D eigenvalue weighted by molar-refractivity contribution is 7.98. The predicted molar refractivity (Wildman–Crippen MR) is 104 cm³/mol. The van der Waals surface area contributed by atoms with Crippen molar-refractivity contribution in [2.45, 2.75) is 10.6 Å². The summed E-state index contributed by atoms with van der Waals surface area (Å²) < 4.78 is 0. The molecule has 120 valence electrons. The molecule has 0 aliphatic carbocycles. The summed E-state index contributed by atoms with van der Waals surface area (Å²) in [6, 6.07) is 17.8. The standard InChI is InChI=1S/C19H14ClNOS2/c1-21(14-6-4-5-13(20)10-14)19(22)17-9-12-11-23-16-8-3-2-7-15(16)18(12)24-17/h2-10H,11H2,1H3. The van der Waals surface area contributed by atoms with E-state index in [9.17, 15) is 4.79 Å². The number of thiophene rings is 1. The first-order chi connectivity index (χ1) is 11.6. The number of hydrogen-bond donors (Lipinski definition) is 0. The molecule has 5 heteroatoms. The van der Waals surface area contributed by atoms with Crippen molar-refractivity contribution in [3.63, 3.8) is 0 Å². The molecule has 1 aromatic heterocycles. The Balaban J connectivity index is 1.69. The molecule has 0 saturated carbocycles. The Morgan fingerprint density at radius 2 is 1.96 bits per heavy atom. The highest BCUT2D eigenvalue weighted by Gasteiger charge is 2.23. The minimum Gasteiger partial charge on any atom is -0.311 e. The number of fused-ring (bicyclic) bond motifs is 3. The third kappa shape index (κ3) is 2.75. The van der Waals surface area contributed by atoms with E-state index in [0.717, 1.165) is 16.3 Å². The van der Waals surface area contributed by atoms with Crippen LogP contribution in [0.3, 0.4) is 0 Å². The molecule has 0 spiro atoms. The second-order valence-electron chi connectivity index (χ2n) is 5.59. The van der Waals surface area contributed by atoms with Crippen LogP contribution in [0.1, 0.15) is 15.2 Å². The van der Waals surface area contributed by atoms with Crippen LogP contribution in [0.2, 0.25) is 5.02 Å². The van der Waals surface area contributed by atoms with Crippen molar-refractivity contribution in [2.75, 3.05) is 11.9 Å². The van der Waals surface area contributed by atoms with Gasteiger partial charge in [0.2, 0.25) is 0 Å². The van der Waals surface area contributed by atoms with E-state index in [0.29, 0.717) is 5.02 Å². The van der Waals surface area contributed by atoms with Crippen LogP contribution in [-0.2, 0) is 5.75 Å². The maximum Gasteiger partial charge on any atom is 0.268 e. The highest BCUT2D eigenvalue weighted by Crippen LogP contribution is 2.45. The normalized spacial score (nSPS) is 12.4. The summed E-state index contributed by atoms with van der Waals surface area (Å²) in [4.78, 5) is 17.8. The van der Waals surface area contributed by atoms with Crippen LogP contribution in [-0.4, -0.2) is 13.0 Å². The van der Waals surface area contributed by atoms with Gasteiger partial charge >= 0.3 is 0 Å². The fourth-order valence-electron chi connectivity index (χ4n) is 2.77. The SMILES string of the molecule is CN(C(=O)c1cc2c(s1)-c1ccccc1SC2)c1cccc(Cl)c1. The molecule has 1 aliphatic heterocycles. The molecule has 2 nitrogen and oxygen atoms in total. The second kappa shape index (κ2) is 6.28. The van der Waals surface area contributed by atoms with Crippen LogP contribution in [0.25, 0.3) is 10.4 Å². The van der Waals surface area contributed by atoms with Gasteiger partial charge in [-0.05, 0) is 35.9 Å². The monoisotopic (exact) mass is 371 g/mol. The van der Waals surface area contributed by atoms with Crippen molar-refractivity contribution >= 4 is 46.3 Å². The largest absolute Gasteiger partial charge is 0.311 e. The van der Waals surface area contributed by atoms with E-state index in [1.807, 2.05) is 36.0 Å². The van der Waals surface area contributed by atoms with Gasteiger partial charge in [0.1, 0.15) is 0 Å².